The van der Waals surface area contributed by atoms with Crippen LogP contribution in [0.3, 0.4) is 0 Å². The van der Waals surface area contributed by atoms with Gasteiger partial charge in [-0.3, -0.25) is 0 Å². The van der Waals surface area contributed by atoms with Gasteiger partial charge in [0, 0.05) is 6.42 Å². The molecular formula is C18H22O. The van der Waals surface area contributed by atoms with Crippen molar-refractivity contribution in [2.75, 3.05) is 0 Å². The zero-order valence-electron chi connectivity index (χ0n) is 12.2. The van der Waals surface area contributed by atoms with Gasteiger partial charge in [-0.15, -0.1) is 0 Å². The second-order valence-electron chi connectivity index (χ2n) is 4.97. The summed E-state index contributed by atoms with van der Waals surface area (Å²) in [6, 6.07) is 12.8. The van der Waals surface area contributed by atoms with Gasteiger partial charge >= 0.3 is 0 Å². The zero-order chi connectivity index (χ0) is 14.0. The molecule has 19 heavy (non-hydrogen) atoms. The van der Waals surface area contributed by atoms with Crippen LogP contribution in [0.4, 0.5) is 0 Å². The van der Waals surface area contributed by atoms with E-state index in [1.165, 1.54) is 27.8 Å². The van der Waals surface area contributed by atoms with E-state index in [-0.39, 0.29) is 6.10 Å². The van der Waals surface area contributed by atoms with E-state index in [2.05, 4.69) is 50.2 Å². The molecule has 0 amide bonds. The van der Waals surface area contributed by atoms with Gasteiger partial charge in [-0.05, 0) is 36.1 Å². The van der Waals surface area contributed by atoms with Crippen LogP contribution in [0.25, 0.3) is 11.1 Å². The molecule has 3 rings (SSSR count). The Bertz CT molecular complexity index is 584. The van der Waals surface area contributed by atoms with Crippen molar-refractivity contribution in [1.82, 2.24) is 0 Å². The van der Waals surface area contributed by atoms with Crippen LogP contribution in [0.1, 0.15) is 42.2 Å². The van der Waals surface area contributed by atoms with Crippen molar-refractivity contribution in [2.45, 2.75) is 40.2 Å². The molecule has 0 saturated heterocycles. The van der Waals surface area contributed by atoms with E-state index in [1.54, 1.807) is 0 Å². The number of fused-ring (bicyclic) bond motifs is 3. The van der Waals surface area contributed by atoms with E-state index in [0.29, 0.717) is 0 Å². The summed E-state index contributed by atoms with van der Waals surface area (Å²) < 4.78 is 0. The fourth-order valence-electron chi connectivity index (χ4n) is 2.68. The average molecular weight is 254 g/mol. The lowest BCUT2D eigenvalue weighted by Gasteiger charge is -2.25. The van der Waals surface area contributed by atoms with E-state index in [9.17, 15) is 5.11 Å². The molecule has 100 valence electrons. The first kappa shape index (κ1) is 13.8. The molecule has 1 N–H and O–H groups in total. The minimum atomic E-state index is -0.362. The Balaban J connectivity index is 0.000000637. The molecule has 0 saturated carbocycles. The molecule has 1 heteroatoms. The van der Waals surface area contributed by atoms with Gasteiger partial charge in [0.2, 0.25) is 0 Å². The van der Waals surface area contributed by atoms with Crippen molar-refractivity contribution in [3.05, 3.63) is 58.7 Å². The topological polar surface area (TPSA) is 20.2 Å². The molecule has 0 aromatic heterocycles. The van der Waals surface area contributed by atoms with Crippen LogP contribution in [-0.4, -0.2) is 5.11 Å². The van der Waals surface area contributed by atoms with Gasteiger partial charge in [0.1, 0.15) is 0 Å². The first-order valence-corrected chi connectivity index (χ1v) is 7.03. The number of benzene rings is 2. The Kier molecular flexibility index (Phi) is 4.06. The molecule has 0 heterocycles. The molecule has 0 fully saturated rings. The van der Waals surface area contributed by atoms with E-state index in [1.807, 2.05) is 13.8 Å². The maximum Gasteiger partial charge on any atom is 0.0836 e. The standard InChI is InChI=1S/C16H16O.C2H6/c1-10-3-5-13-12(7-10)9-16(17)15-8-11(2)4-6-14(13)15;1-2/h3-8,16-17H,9H2,1-2H3;1-2H3. The van der Waals surface area contributed by atoms with Gasteiger partial charge in [-0.2, -0.15) is 0 Å². The fraction of sp³-hybridized carbons (Fsp3) is 0.333. The molecule has 2 aromatic carbocycles. The Labute approximate surface area is 115 Å². The Morgan fingerprint density at radius 1 is 0.895 bits per heavy atom. The fourth-order valence-corrected chi connectivity index (χ4v) is 2.68. The summed E-state index contributed by atoms with van der Waals surface area (Å²) in [6.45, 7) is 8.16. The molecular weight excluding hydrogens is 232 g/mol. The molecule has 1 aliphatic carbocycles. The number of aryl methyl sites for hydroxylation is 2. The van der Waals surface area contributed by atoms with E-state index in [4.69, 9.17) is 0 Å². The molecule has 0 bridgehead atoms. The lowest BCUT2D eigenvalue weighted by molar-refractivity contribution is 0.177. The Hall–Kier alpha value is -1.60. The summed E-state index contributed by atoms with van der Waals surface area (Å²) in [5.41, 5.74) is 7.25. The first-order chi connectivity index (χ1) is 9.15. The minimum Gasteiger partial charge on any atom is -0.388 e. The molecule has 0 radical (unpaired) electrons. The number of hydrogen-bond donors (Lipinski definition) is 1. The van der Waals surface area contributed by atoms with Crippen LogP contribution >= 0.6 is 0 Å². The number of aliphatic hydroxyl groups is 1. The van der Waals surface area contributed by atoms with Crippen molar-refractivity contribution in [3.63, 3.8) is 0 Å². The second kappa shape index (κ2) is 5.58. The predicted molar refractivity (Wildman–Crippen MR) is 81.4 cm³/mol. The third-order valence-corrected chi connectivity index (χ3v) is 3.53. The zero-order valence-corrected chi connectivity index (χ0v) is 12.2. The van der Waals surface area contributed by atoms with Crippen molar-refractivity contribution in [2.24, 2.45) is 0 Å². The number of hydrogen-bond acceptors (Lipinski definition) is 1. The largest absolute Gasteiger partial charge is 0.388 e. The second-order valence-corrected chi connectivity index (χ2v) is 4.97. The molecule has 1 nitrogen and oxygen atoms in total. The molecule has 1 aliphatic rings. The lowest BCUT2D eigenvalue weighted by Crippen LogP contribution is -2.11. The predicted octanol–water partition coefficient (Wildman–Crippen LogP) is 4.59. The van der Waals surface area contributed by atoms with Gasteiger partial charge in [-0.25, -0.2) is 0 Å². The summed E-state index contributed by atoms with van der Waals surface area (Å²) in [4.78, 5) is 0. The summed E-state index contributed by atoms with van der Waals surface area (Å²) in [7, 11) is 0. The van der Waals surface area contributed by atoms with Crippen LogP contribution < -0.4 is 0 Å². The van der Waals surface area contributed by atoms with Gasteiger partial charge in [0.25, 0.3) is 0 Å². The highest BCUT2D eigenvalue weighted by atomic mass is 16.3. The first-order valence-electron chi connectivity index (χ1n) is 7.03. The Morgan fingerprint density at radius 3 is 2.16 bits per heavy atom. The van der Waals surface area contributed by atoms with Crippen LogP contribution in [0.2, 0.25) is 0 Å². The van der Waals surface area contributed by atoms with Crippen molar-refractivity contribution in [3.8, 4) is 11.1 Å². The summed E-state index contributed by atoms with van der Waals surface area (Å²) >= 11 is 0. The van der Waals surface area contributed by atoms with Crippen LogP contribution in [0.5, 0.6) is 0 Å². The highest BCUT2D eigenvalue weighted by molar-refractivity contribution is 5.74. The van der Waals surface area contributed by atoms with E-state index >= 15 is 0 Å². The van der Waals surface area contributed by atoms with Gasteiger partial charge in [0.05, 0.1) is 6.10 Å². The summed E-state index contributed by atoms with van der Waals surface area (Å²) in [5, 5.41) is 10.2. The summed E-state index contributed by atoms with van der Waals surface area (Å²) in [6.07, 6.45) is 0.368. The van der Waals surface area contributed by atoms with Crippen molar-refractivity contribution in [1.29, 1.82) is 0 Å². The van der Waals surface area contributed by atoms with Gasteiger partial charge in [-0.1, -0.05) is 61.4 Å². The van der Waals surface area contributed by atoms with Crippen molar-refractivity contribution >= 4 is 0 Å². The molecule has 2 aromatic rings. The third kappa shape index (κ3) is 2.57. The SMILES string of the molecule is CC.Cc1ccc2c(c1)CC(O)c1cc(C)ccc1-2. The summed E-state index contributed by atoms with van der Waals surface area (Å²) in [5.74, 6) is 0. The highest BCUT2D eigenvalue weighted by Gasteiger charge is 2.22. The molecule has 0 aliphatic heterocycles. The van der Waals surface area contributed by atoms with Gasteiger partial charge < -0.3 is 5.11 Å². The normalized spacial score (nSPS) is 15.9. The van der Waals surface area contributed by atoms with E-state index in [0.717, 1.165) is 12.0 Å². The van der Waals surface area contributed by atoms with E-state index < -0.39 is 0 Å². The number of rotatable bonds is 0. The lowest BCUT2D eigenvalue weighted by atomic mass is 9.82. The minimum absolute atomic E-state index is 0.362. The van der Waals surface area contributed by atoms with Crippen LogP contribution in [-0.2, 0) is 6.42 Å². The monoisotopic (exact) mass is 254 g/mol. The maximum absolute atomic E-state index is 10.2. The smallest absolute Gasteiger partial charge is 0.0836 e. The number of aliphatic hydroxyl groups excluding tert-OH is 1. The quantitative estimate of drug-likeness (QED) is 0.729. The molecule has 1 atom stereocenters. The average Bonchev–Trinajstić information content (AvgIpc) is 2.41. The molecule has 0 spiro atoms. The van der Waals surface area contributed by atoms with Crippen LogP contribution in [0.15, 0.2) is 36.4 Å². The third-order valence-electron chi connectivity index (χ3n) is 3.53. The van der Waals surface area contributed by atoms with Crippen LogP contribution in [0, 0.1) is 13.8 Å². The highest BCUT2D eigenvalue weighted by Crippen LogP contribution is 2.39. The maximum atomic E-state index is 10.2. The van der Waals surface area contributed by atoms with Gasteiger partial charge in [0.15, 0.2) is 0 Å². The molecule has 1 unspecified atom stereocenters. The van der Waals surface area contributed by atoms with Crippen molar-refractivity contribution < 1.29 is 5.11 Å². The Morgan fingerprint density at radius 2 is 1.47 bits per heavy atom.